The predicted molar refractivity (Wildman–Crippen MR) is 104 cm³/mol. The van der Waals surface area contributed by atoms with Gasteiger partial charge in [-0.25, -0.2) is 0 Å². The highest BCUT2D eigenvalue weighted by Crippen LogP contribution is 2.27. The van der Waals surface area contributed by atoms with E-state index >= 15 is 0 Å². The van der Waals surface area contributed by atoms with E-state index in [0.717, 1.165) is 16.9 Å². The summed E-state index contributed by atoms with van der Waals surface area (Å²) in [7, 11) is 0. The molecule has 1 aromatic carbocycles. The van der Waals surface area contributed by atoms with Gasteiger partial charge in [0.2, 0.25) is 0 Å². The Hall–Kier alpha value is -2.66. The summed E-state index contributed by atoms with van der Waals surface area (Å²) in [4.78, 5) is 13.7. The first-order valence-corrected chi connectivity index (χ1v) is 9.53. The number of amides is 1. The third-order valence-electron chi connectivity index (χ3n) is 4.12. The van der Waals surface area contributed by atoms with Gasteiger partial charge in [-0.3, -0.25) is 4.79 Å². The van der Waals surface area contributed by atoms with Gasteiger partial charge in [-0.1, -0.05) is 44.2 Å². The van der Waals surface area contributed by atoms with Gasteiger partial charge in [0.05, 0.1) is 11.6 Å². The molecule has 0 radical (unpaired) electrons. The van der Waals surface area contributed by atoms with E-state index in [0.29, 0.717) is 16.2 Å². The van der Waals surface area contributed by atoms with Gasteiger partial charge in [-0.2, -0.15) is 4.73 Å². The summed E-state index contributed by atoms with van der Waals surface area (Å²) < 4.78 is 0.668. The number of nitrogens with one attached hydrogen (secondary N) is 1. The number of hydrogen-bond acceptors (Lipinski definition) is 3. The van der Waals surface area contributed by atoms with Crippen LogP contribution in [0, 0.1) is 11.1 Å². The van der Waals surface area contributed by atoms with Crippen molar-refractivity contribution in [3.05, 3.63) is 93.1 Å². The minimum atomic E-state index is -0.213. The summed E-state index contributed by atoms with van der Waals surface area (Å²) in [6, 6.07) is 15.3. The van der Waals surface area contributed by atoms with E-state index in [1.807, 2.05) is 17.5 Å². The van der Waals surface area contributed by atoms with Crippen LogP contribution in [0.1, 0.15) is 46.3 Å². The van der Waals surface area contributed by atoms with E-state index in [4.69, 9.17) is 0 Å². The normalized spacial score (nSPS) is 12.1. The molecule has 1 atom stereocenters. The van der Waals surface area contributed by atoms with E-state index in [2.05, 4.69) is 43.4 Å². The summed E-state index contributed by atoms with van der Waals surface area (Å²) in [5.74, 6) is 0.408. The third kappa shape index (κ3) is 4.49. The van der Waals surface area contributed by atoms with Crippen LogP contribution in [0.25, 0.3) is 0 Å². The highest BCUT2D eigenvalue weighted by atomic mass is 32.1. The highest BCUT2D eigenvalue weighted by Gasteiger charge is 2.19. The topological polar surface area (TPSA) is 56.0 Å². The highest BCUT2D eigenvalue weighted by molar-refractivity contribution is 7.10. The Bertz CT molecular complexity index is 841. The number of pyridine rings is 1. The van der Waals surface area contributed by atoms with Crippen LogP contribution in [-0.2, 0) is 6.42 Å². The first-order chi connectivity index (χ1) is 12.5. The summed E-state index contributed by atoms with van der Waals surface area (Å²) >= 11 is 1.61. The fourth-order valence-electron chi connectivity index (χ4n) is 2.87. The quantitative estimate of drug-likeness (QED) is 0.527. The Labute approximate surface area is 157 Å². The molecule has 0 bridgehead atoms. The molecule has 0 spiro atoms. The Morgan fingerprint density at radius 3 is 2.38 bits per heavy atom. The maximum atomic E-state index is 12.6. The molecule has 0 aliphatic rings. The monoisotopic (exact) mass is 366 g/mol. The van der Waals surface area contributed by atoms with Crippen molar-refractivity contribution in [1.29, 1.82) is 0 Å². The molecular formula is C21H22N2O2S. The molecule has 5 heteroatoms. The molecule has 1 N–H and O–H groups in total. The number of hydrogen-bond donors (Lipinski definition) is 1. The second-order valence-electron chi connectivity index (χ2n) is 6.71. The number of carbonyl (C=O) groups excluding carboxylic acids is 1. The van der Waals surface area contributed by atoms with Crippen LogP contribution in [0.15, 0.2) is 66.3 Å². The van der Waals surface area contributed by atoms with Crippen molar-refractivity contribution in [2.75, 3.05) is 0 Å². The molecule has 0 aliphatic heterocycles. The molecule has 1 unspecified atom stereocenters. The molecule has 2 aromatic heterocycles. The van der Waals surface area contributed by atoms with Crippen molar-refractivity contribution >= 4 is 17.2 Å². The molecule has 26 heavy (non-hydrogen) atoms. The lowest BCUT2D eigenvalue weighted by Crippen LogP contribution is -2.30. The molecule has 2 heterocycles. The maximum Gasteiger partial charge on any atom is 0.252 e. The standard InChI is InChI=1S/C21H22N2O2S/c1-15(2)14-16-5-7-17(8-6-16)20(19-4-3-13-26-19)22-21(24)18-9-11-23(25)12-10-18/h3-13,15,20H,14H2,1-2H3,(H,22,24). The van der Waals surface area contributed by atoms with Gasteiger partial charge in [0.15, 0.2) is 12.4 Å². The fourth-order valence-corrected chi connectivity index (χ4v) is 3.67. The van der Waals surface area contributed by atoms with Crippen LogP contribution in [0.2, 0.25) is 0 Å². The van der Waals surface area contributed by atoms with Crippen LogP contribution in [0.4, 0.5) is 0 Å². The van der Waals surface area contributed by atoms with Crippen LogP contribution < -0.4 is 10.0 Å². The molecule has 0 aliphatic carbocycles. The van der Waals surface area contributed by atoms with Crippen molar-refractivity contribution in [3.63, 3.8) is 0 Å². The number of benzene rings is 1. The van der Waals surface area contributed by atoms with E-state index < -0.39 is 0 Å². The molecule has 3 aromatic rings. The number of nitrogens with zero attached hydrogens (tertiary/aromatic N) is 1. The number of aromatic nitrogens is 1. The summed E-state index contributed by atoms with van der Waals surface area (Å²) in [6.07, 6.45) is 3.70. The summed E-state index contributed by atoms with van der Waals surface area (Å²) in [6.45, 7) is 4.40. The molecule has 0 saturated carbocycles. The summed E-state index contributed by atoms with van der Waals surface area (Å²) in [5, 5.41) is 16.3. The number of thiophene rings is 1. The molecule has 1 amide bonds. The molecule has 0 saturated heterocycles. The first-order valence-electron chi connectivity index (χ1n) is 8.65. The minimum Gasteiger partial charge on any atom is -0.619 e. The second kappa shape index (κ2) is 8.15. The van der Waals surface area contributed by atoms with Crippen LogP contribution >= 0.6 is 11.3 Å². The van der Waals surface area contributed by atoms with Gasteiger partial charge in [0.25, 0.3) is 5.91 Å². The maximum absolute atomic E-state index is 12.6. The van der Waals surface area contributed by atoms with Crippen LogP contribution in [0.3, 0.4) is 0 Å². The van der Waals surface area contributed by atoms with Gasteiger partial charge in [-0.15, -0.1) is 11.3 Å². The third-order valence-corrected chi connectivity index (χ3v) is 5.06. The average Bonchev–Trinajstić information content (AvgIpc) is 3.15. The zero-order chi connectivity index (χ0) is 18.5. The zero-order valence-electron chi connectivity index (χ0n) is 14.9. The lowest BCUT2D eigenvalue weighted by atomic mass is 9.98. The van der Waals surface area contributed by atoms with E-state index in [1.54, 1.807) is 11.3 Å². The SMILES string of the molecule is CC(C)Cc1ccc(C(NC(=O)c2cc[n+]([O-])cc2)c2cccs2)cc1. The van der Waals surface area contributed by atoms with Crippen molar-refractivity contribution in [2.24, 2.45) is 5.92 Å². The van der Waals surface area contributed by atoms with Gasteiger partial charge >= 0.3 is 0 Å². The van der Waals surface area contributed by atoms with Gasteiger partial charge in [0.1, 0.15) is 0 Å². The van der Waals surface area contributed by atoms with E-state index in [9.17, 15) is 10.0 Å². The first kappa shape index (κ1) is 18.1. The molecule has 134 valence electrons. The molecular weight excluding hydrogens is 344 g/mol. The smallest absolute Gasteiger partial charge is 0.252 e. The predicted octanol–water partition coefficient (Wildman–Crippen LogP) is 4.10. The molecule has 4 nitrogen and oxygen atoms in total. The number of rotatable bonds is 6. The average molecular weight is 366 g/mol. The van der Waals surface area contributed by atoms with Crippen molar-refractivity contribution < 1.29 is 9.52 Å². The van der Waals surface area contributed by atoms with Crippen molar-refractivity contribution in [2.45, 2.75) is 26.3 Å². The number of carbonyl (C=O) groups is 1. The largest absolute Gasteiger partial charge is 0.619 e. The van der Waals surface area contributed by atoms with Crippen molar-refractivity contribution in [3.8, 4) is 0 Å². The molecule has 3 rings (SSSR count). The summed E-state index contributed by atoms with van der Waals surface area (Å²) in [5.41, 5.74) is 2.81. The minimum absolute atomic E-state index is 0.199. The Kier molecular flexibility index (Phi) is 5.68. The Balaban J connectivity index is 1.84. The van der Waals surface area contributed by atoms with Gasteiger partial charge < -0.3 is 10.5 Å². The fraction of sp³-hybridized carbons (Fsp3) is 0.238. The zero-order valence-corrected chi connectivity index (χ0v) is 15.7. The van der Waals surface area contributed by atoms with Gasteiger partial charge in [-0.05, 0) is 34.9 Å². The lowest BCUT2D eigenvalue weighted by molar-refractivity contribution is -0.605. The van der Waals surface area contributed by atoms with Crippen molar-refractivity contribution in [1.82, 2.24) is 5.32 Å². The van der Waals surface area contributed by atoms with Crippen LogP contribution in [0.5, 0.6) is 0 Å². The molecule has 0 fully saturated rings. The van der Waals surface area contributed by atoms with Crippen LogP contribution in [-0.4, -0.2) is 5.91 Å². The second-order valence-corrected chi connectivity index (χ2v) is 7.69. The Morgan fingerprint density at radius 1 is 1.12 bits per heavy atom. The van der Waals surface area contributed by atoms with E-state index in [1.165, 1.54) is 30.1 Å². The Morgan fingerprint density at radius 2 is 1.81 bits per heavy atom. The lowest BCUT2D eigenvalue weighted by Gasteiger charge is -2.19. The van der Waals surface area contributed by atoms with E-state index in [-0.39, 0.29) is 11.9 Å². The van der Waals surface area contributed by atoms with Gasteiger partial charge in [0, 0.05) is 17.0 Å².